The molecule has 0 amide bonds. The predicted molar refractivity (Wildman–Crippen MR) is 79.4 cm³/mol. The lowest BCUT2D eigenvalue weighted by atomic mass is 10.0. The first-order valence-electron chi connectivity index (χ1n) is 7.01. The van der Waals surface area contributed by atoms with Crippen LogP contribution in [0, 0.1) is 0 Å². The van der Waals surface area contributed by atoms with Crippen molar-refractivity contribution in [1.29, 1.82) is 0 Å². The summed E-state index contributed by atoms with van der Waals surface area (Å²) in [6, 6.07) is 7.73. The number of carbonyl (C=O) groups is 2. The highest BCUT2D eigenvalue weighted by Crippen LogP contribution is 2.27. The maximum atomic E-state index is 12.2. The fourth-order valence-corrected chi connectivity index (χ4v) is 2.60. The number of ether oxygens (including phenoxy) is 1. The van der Waals surface area contributed by atoms with Gasteiger partial charge < -0.3 is 14.4 Å². The van der Waals surface area contributed by atoms with E-state index in [1.807, 2.05) is 35.9 Å². The molecule has 0 bridgehead atoms. The molecule has 2 aromatic rings. The van der Waals surface area contributed by atoms with Crippen molar-refractivity contribution in [3.8, 4) is 0 Å². The molecule has 0 aliphatic rings. The van der Waals surface area contributed by atoms with Crippen LogP contribution in [0.4, 0.5) is 0 Å². The smallest absolute Gasteiger partial charge is 0.355 e. The van der Waals surface area contributed by atoms with Crippen LogP contribution in [0.1, 0.15) is 35.8 Å². The first kappa shape index (κ1) is 15.1. The van der Waals surface area contributed by atoms with E-state index in [0.29, 0.717) is 25.1 Å². The van der Waals surface area contributed by atoms with Gasteiger partial charge in [0.1, 0.15) is 5.69 Å². The van der Waals surface area contributed by atoms with Crippen LogP contribution >= 0.6 is 0 Å². The molecule has 5 heteroatoms. The fraction of sp³-hybridized carbons (Fsp3) is 0.375. The number of esters is 1. The number of carbonyl (C=O) groups excluding carboxylic acids is 1. The van der Waals surface area contributed by atoms with E-state index in [1.54, 1.807) is 6.92 Å². The second-order valence-corrected chi connectivity index (χ2v) is 4.87. The number of benzene rings is 1. The average molecular weight is 289 g/mol. The number of aryl methyl sites for hydroxylation is 2. The number of nitrogens with zero attached hydrogens (tertiary/aromatic N) is 1. The Bertz CT molecular complexity index is 672. The lowest BCUT2D eigenvalue weighted by Crippen LogP contribution is -2.12. The summed E-state index contributed by atoms with van der Waals surface area (Å²) in [5, 5.41) is 9.76. The first-order valence-corrected chi connectivity index (χ1v) is 7.01. The van der Waals surface area contributed by atoms with E-state index >= 15 is 0 Å². The molecular weight excluding hydrogens is 270 g/mol. The van der Waals surface area contributed by atoms with Gasteiger partial charge in [-0.05, 0) is 31.4 Å². The van der Waals surface area contributed by atoms with Gasteiger partial charge in [-0.3, -0.25) is 4.79 Å². The Hall–Kier alpha value is -2.30. The number of hydrogen-bond donors (Lipinski definition) is 1. The van der Waals surface area contributed by atoms with Crippen LogP contribution in [-0.2, 0) is 23.0 Å². The van der Waals surface area contributed by atoms with Gasteiger partial charge >= 0.3 is 11.9 Å². The van der Waals surface area contributed by atoms with Crippen molar-refractivity contribution in [2.75, 3.05) is 6.61 Å². The van der Waals surface area contributed by atoms with E-state index < -0.39 is 5.97 Å². The van der Waals surface area contributed by atoms with Crippen molar-refractivity contribution < 1.29 is 19.4 Å². The van der Waals surface area contributed by atoms with E-state index in [-0.39, 0.29) is 12.4 Å². The molecule has 1 heterocycles. The molecule has 0 fully saturated rings. The summed E-state index contributed by atoms with van der Waals surface area (Å²) < 4.78 is 6.95. The normalized spacial score (nSPS) is 10.8. The molecule has 112 valence electrons. The van der Waals surface area contributed by atoms with Crippen LogP contribution in [0.25, 0.3) is 10.9 Å². The van der Waals surface area contributed by atoms with Gasteiger partial charge in [-0.15, -0.1) is 0 Å². The molecule has 0 aliphatic carbocycles. The summed E-state index contributed by atoms with van der Waals surface area (Å²) in [5.41, 5.74) is 2.34. The predicted octanol–water partition coefficient (Wildman–Crippen LogP) is 2.76. The Balaban J connectivity index is 2.45. The Labute approximate surface area is 123 Å². The lowest BCUT2D eigenvalue weighted by Gasteiger charge is -2.07. The molecule has 5 nitrogen and oxygen atoms in total. The average Bonchev–Trinajstić information content (AvgIpc) is 2.72. The number of aromatic nitrogens is 1. The van der Waals surface area contributed by atoms with E-state index in [0.717, 1.165) is 16.5 Å². The summed E-state index contributed by atoms with van der Waals surface area (Å²) in [6.07, 6.45) is 1.13. The van der Waals surface area contributed by atoms with Crippen molar-refractivity contribution in [3.05, 3.63) is 35.5 Å². The van der Waals surface area contributed by atoms with Crippen molar-refractivity contribution in [1.82, 2.24) is 4.57 Å². The maximum Gasteiger partial charge on any atom is 0.355 e. The van der Waals surface area contributed by atoms with Gasteiger partial charge in [0.05, 0.1) is 6.61 Å². The summed E-state index contributed by atoms with van der Waals surface area (Å²) in [5.74, 6) is -1.19. The zero-order valence-corrected chi connectivity index (χ0v) is 12.3. The lowest BCUT2D eigenvalue weighted by molar-refractivity contribution is -0.137. The van der Waals surface area contributed by atoms with Crippen LogP contribution in [0.3, 0.4) is 0 Å². The fourth-order valence-electron chi connectivity index (χ4n) is 2.60. The molecule has 0 radical (unpaired) electrons. The van der Waals surface area contributed by atoms with Crippen molar-refractivity contribution in [2.45, 2.75) is 26.2 Å². The number of aliphatic carboxylic acids is 1. The van der Waals surface area contributed by atoms with Crippen molar-refractivity contribution in [2.24, 2.45) is 7.05 Å². The molecule has 0 aliphatic heterocycles. The quantitative estimate of drug-likeness (QED) is 0.830. The highest BCUT2D eigenvalue weighted by molar-refractivity contribution is 5.99. The number of fused-ring (bicyclic) bond motifs is 1. The van der Waals surface area contributed by atoms with Gasteiger partial charge in [0, 0.05) is 24.4 Å². The van der Waals surface area contributed by atoms with E-state index in [4.69, 9.17) is 9.84 Å². The van der Waals surface area contributed by atoms with Crippen molar-refractivity contribution in [3.63, 3.8) is 0 Å². The number of rotatable bonds is 6. The van der Waals surface area contributed by atoms with Gasteiger partial charge in [-0.2, -0.15) is 0 Å². The second kappa shape index (κ2) is 6.43. The van der Waals surface area contributed by atoms with Gasteiger partial charge in [-0.1, -0.05) is 18.2 Å². The van der Waals surface area contributed by atoms with Crippen LogP contribution in [0.5, 0.6) is 0 Å². The monoisotopic (exact) mass is 289 g/mol. The SMILES string of the molecule is CCOC(=O)c1c(CCCC(=O)O)c2ccccc2n1C. The summed E-state index contributed by atoms with van der Waals surface area (Å²) in [4.78, 5) is 22.9. The molecular formula is C16H19NO4. The molecule has 1 aromatic heterocycles. The maximum absolute atomic E-state index is 12.2. The highest BCUT2D eigenvalue weighted by Gasteiger charge is 2.21. The second-order valence-electron chi connectivity index (χ2n) is 4.87. The molecule has 2 rings (SSSR count). The molecule has 1 aromatic carbocycles. The van der Waals surface area contributed by atoms with Gasteiger partial charge in [-0.25, -0.2) is 4.79 Å². The van der Waals surface area contributed by atoms with E-state index in [9.17, 15) is 9.59 Å². The third-order valence-corrected chi connectivity index (χ3v) is 3.50. The van der Waals surface area contributed by atoms with Gasteiger partial charge in [0.15, 0.2) is 0 Å². The number of para-hydroxylation sites is 1. The molecule has 1 N–H and O–H groups in total. The Morgan fingerprint density at radius 1 is 1.29 bits per heavy atom. The molecule has 0 spiro atoms. The Morgan fingerprint density at radius 3 is 2.67 bits per heavy atom. The third kappa shape index (κ3) is 3.07. The van der Waals surface area contributed by atoms with E-state index in [2.05, 4.69) is 0 Å². The van der Waals surface area contributed by atoms with Crippen LogP contribution in [-0.4, -0.2) is 28.2 Å². The minimum Gasteiger partial charge on any atom is -0.481 e. The molecule has 0 unspecified atom stereocenters. The van der Waals surface area contributed by atoms with Crippen LogP contribution in [0.15, 0.2) is 24.3 Å². The van der Waals surface area contributed by atoms with Gasteiger partial charge in [0.25, 0.3) is 0 Å². The minimum absolute atomic E-state index is 0.0888. The summed E-state index contributed by atoms with van der Waals surface area (Å²) >= 11 is 0. The Morgan fingerprint density at radius 2 is 2.00 bits per heavy atom. The molecule has 21 heavy (non-hydrogen) atoms. The zero-order valence-electron chi connectivity index (χ0n) is 12.3. The van der Waals surface area contributed by atoms with E-state index in [1.165, 1.54) is 0 Å². The number of carboxylic acids is 1. The number of hydrogen-bond acceptors (Lipinski definition) is 3. The third-order valence-electron chi connectivity index (χ3n) is 3.50. The number of carboxylic acid groups (broad SMARTS) is 1. The largest absolute Gasteiger partial charge is 0.481 e. The van der Waals surface area contributed by atoms with Crippen LogP contribution in [0.2, 0.25) is 0 Å². The summed E-state index contributed by atoms with van der Waals surface area (Å²) in [6.45, 7) is 2.08. The van der Waals surface area contributed by atoms with Crippen LogP contribution < -0.4 is 0 Å². The molecule has 0 atom stereocenters. The van der Waals surface area contributed by atoms with Crippen molar-refractivity contribution >= 4 is 22.8 Å². The Kier molecular flexibility index (Phi) is 4.62. The first-order chi connectivity index (χ1) is 10.1. The molecule has 0 saturated heterocycles. The molecule has 0 saturated carbocycles. The zero-order chi connectivity index (χ0) is 15.4. The topological polar surface area (TPSA) is 68.5 Å². The minimum atomic E-state index is -0.826. The summed E-state index contributed by atoms with van der Waals surface area (Å²) in [7, 11) is 1.83. The highest BCUT2D eigenvalue weighted by atomic mass is 16.5. The van der Waals surface area contributed by atoms with Gasteiger partial charge in [0.2, 0.25) is 0 Å². The standard InChI is InChI=1S/C16H19NO4/c1-3-21-16(20)15-12(8-6-10-14(18)19)11-7-4-5-9-13(11)17(15)2/h4-5,7,9H,3,6,8,10H2,1-2H3,(H,18,19).